The predicted molar refractivity (Wildman–Crippen MR) is 53.4 cm³/mol. The van der Waals surface area contributed by atoms with Crippen LogP contribution in [0.2, 0.25) is 0 Å². The molecule has 13 heavy (non-hydrogen) atoms. The Kier molecular flexibility index (Phi) is 3.87. The van der Waals surface area contributed by atoms with Gasteiger partial charge in [0.05, 0.1) is 12.1 Å². The molecule has 1 rings (SSSR count). The molecule has 0 amide bonds. The second kappa shape index (κ2) is 5.23. The standard InChI is InChI=1S/C10H8ClNO/c11-6-2-5-9-3-1-4-10(7-9)8-12-13/h1,3-4,7-8,13H,6H2. The molecule has 0 atom stereocenters. The van der Waals surface area contributed by atoms with Crippen LogP contribution in [0.3, 0.4) is 0 Å². The van der Waals surface area contributed by atoms with E-state index in [-0.39, 0.29) is 0 Å². The molecule has 0 radical (unpaired) electrons. The van der Waals surface area contributed by atoms with Gasteiger partial charge >= 0.3 is 0 Å². The number of hydrogen-bond acceptors (Lipinski definition) is 2. The van der Waals surface area contributed by atoms with E-state index in [1.807, 2.05) is 24.3 Å². The minimum atomic E-state index is 0.318. The molecule has 0 fully saturated rings. The maximum absolute atomic E-state index is 8.30. The van der Waals surface area contributed by atoms with E-state index in [1.54, 1.807) is 0 Å². The molecule has 1 N–H and O–H groups in total. The van der Waals surface area contributed by atoms with E-state index in [4.69, 9.17) is 16.8 Å². The highest BCUT2D eigenvalue weighted by molar-refractivity contribution is 6.19. The molecule has 0 aliphatic heterocycles. The normalized spacial score (nSPS) is 9.62. The van der Waals surface area contributed by atoms with E-state index in [0.29, 0.717) is 5.88 Å². The van der Waals surface area contributed by atoms with Crippen molar-refractivity contribution in [3.63, 3.8) is 0 Å². The molecule has 0 saturated carbocycles. The van der Waals surface area contributed by atoms with Gasteiger partial charge in [0.25, 0.3) is 0 Å². The zero-order valence-corrected chi connectivity index (χ0v) is 7.62. The molecule has 0 heterocycles. The van der Waals surface area contributed by atoms with Crippen LogP contribution in [0.4, 0.5) is 0 Å². The Labute approximate surface area is 81.8 Å². The van der Waals surface area contributed by atoms with Gasteiger partial charge in [-0.3, -0.25) is 0 Å². The topological polar surface area (TPSA) is 32.6 Å². The Morgan fingerprint density at radius 3 is 3.08 bits per heavy atom. The minimum Gasteiger partial charge on any atom is -0.411 e. The van der Waals surface area contributed by atoms with Crippen molar-refractivity contribution in [3.05, 3.63) is 35.4 Å². The molecule has 0 unspecified atom stereocenters. The average Bonchev–Trinajstić information content (AvgIpc) is 2.16. The molecule has 0 saturated heterocycles. The Morgan fingerprint density at radius 1 is 1.54 bits per heavy atom. The van der Waals surface area contributed by atoms with Gasteiger partial charge in [-0.2, -0.15) is 0 Å². The smallest absolute Gasteiger partial charge is 0.0839 e. The molecular weight excluding hydrogens is 186 g/mol. The highest BCUT2D eigenvalue weighted by atomic mass is 35.5. The molecule has 3 heteroatoms. The van der Waals surface area contributed by atoms with Gasteiger partial charge in [-0.1, -0.05) is 29.1 Å². The van der Waals surface area contributed by atoms with Crippen molar-refractivity contribution in [2.24, 2.45) is 5.16 Å². The summed E-state index contributed by atoms with van der Waals surface area (Å²) in [5, 5.41) is 11.2. The van der Waals surface area contributed by atoms with E-state index >= 15 is 0 Å². The number of hydrogen-bond donors (Lipinski definition) is 1. The van der Waals surface area contributed by atoms with Crippen molar-refractivity contribution in [1.82, 2.24) is 0 Å². The summed E-state index contributed by atoms with van der Waals surface area (Å²) in [6.45, 7) is 0. The van der Waals surface area contributed by atoms with Crippen LogP contribution in [-0.4, -0.2) is 17.3 Å². The van der Waals surface area contributed by atoms with Crippen LogP contribution in [0.15, 0.2) is 29.4 Å². The summed E-state index contributed by atoms with van der Waals surface area (Å²) in [4.78, 5) is 0. The highest BCUT2D eigenvalue weighted by Crippen LogP contribution is 2.01. The first kappa shape index (κ1) is 9.63. The van der Waals surface area contributed by atoms with Gasteiger partial charge in [0, 0.05) is 5.56 Å². The third-order valence-electron chi connectivity index (χ3n) is 1.39. The van der Waals surface area contributed by atoms with Gasteiger partial charge in [0.2, 0.25) is 0 Å². The molecule has 1 aromatic rings. The van der Waals surface area contributed by atoms with E-state index < -0.39 is 0 Å². The van der Waals surface area contributed by atoms with Crippen LogP contribution in [0, 0.1) is 11.8 Å². The number of oxime groups is 1. The maximum atomic E-state index is 8.30. The van der Waals surface area contributed by atoms with Gasteiger partial charge in [0.1, 0.15) is 0 Å². The highest BCUT2D eigenvalue weighted by Gasteiger charge is 1.89. The monoisotopic (exact) mass is 193 g/mol. The number of benzene rings is 1. The molecule has 0 aliphatic rings. The van der Waals surface area contributed by atoms with Gasteiger partial charge < -0.3 is 5.21 Å². The second-order valence-electron chi connectivity index (χ2n) is 2.31. The van der Waals surface area contributed by atoms with Crippen LogP contribution < -0.4 is 0 Å². The first-order chi connectivity index (χ1) is 6.36. The van der Waals surface area contributed by atoms with Crippen LogP contribution in [0.25, 0.3) is 0 Å². The van der Waals surface area contributed by atoms with Crippen molar-refractivity contribution in [2.45, 2.75) is 0 Å². The number of halogens is 1. The molecule has 0 spiro atoms. The Morgan fingerprint density at radius 2 is 2.38 bits per heavy atom. The molecule has 2 nitrogen and oxygen atoms in total. The van der Waals surface area contributed by atoms with Crippen LogP contribution in [-0.2, 0) is 0 Å². The van der Waals surface area contributed by atoms with E-state index in [1.165, 1.54) is 6.21 Å². The lowest BCUT2D eigenvalue weighted by atomic mass is 10.1. The number of nitrogens with zero attached hydrogens (tertiary/aromatic N) is 1. The van der Waals surface area contributed by atoms with Crippen LogP contribution in [0.1, 0.15) is 11.1 Å². The summed E-state index contributed by atoms with van der Waals surface area (Å²) in [6, 6.07) is 7.36. The lowest BCUT2D eigenvalue weighted by Gasteiger charge is -1.92. The van der Waals surface area contributed by atoms with E-state index in [9.17, 15) is 0 Å². The lowest BCUT2D eigenvalue weighted by molar-refractivity contribution is 0.322. The summed E-state index contributed by atoms with van der Waals surface area (Å²) in [5.41, 5.74) is 1.67. The third-order valence-corrected chi connectivity index (χ3v) is 1.53. The SMILES string of the molecule is ON=Cc1cccc(C#CCCl)c1. The third kappa shape index (κ3) is 3.18. The summed E-state index contributed by atoms with van der Waals surface area (Å²) in [5.74, 6) is 5.93. The quantitative estimate of drug-likeness (QED) is 0.239. The van der Waals surface area contributed by atoms with Crippen molar-refractivity contribution < 1.29 is 5.21 Å². The molecule has 1 aromatic carbocycles. The largest absolute Gasteiger partial charge is 0.411 e. The van der Waals surface area contributed by atoms with Crippen molar-refractivity contribution in [1.29, 1.82) is 0 Å². The molecule has 0 aliphatic carbocycles. The fraction of sp³-hybridized carbons (Fsp3) is 0.100. The fourth-order valence-corrected chi connectivity index (χ4v) is 0.966. The number of alkyl halides is 1. The van der Waals surface area contributed by atoms with Gasteiger partial charge in [-0.05, 0) is 17.7 Å². The lowest BCUT2D eigenvalue weighted by Crippen LogP contribution is -1.82. The predicted octanol–water partition coefficient (Wildman–Crippen LogP) is 2.08. The van der Waals surface area contributed by atoms with Crippen LogP contribution >= 0.6 is 11.6 Å². The zero-order chi connectivity index (χ0) is 9.52. The van der Waals surface area contributed by atoms with Gasteiger partial charge in [0.15, 0.2) is 0 Å². The summed E-state index contributed by atoms with van der Waals surface area (Å²) in [7, 11) is 0. The second-order valence-corrected chi connectivity index (χ2v) is 2.57. The van der Waals surface area contributed by atoms with Gasteiger partial charge in [-0.25, -0.2) is 0 Å². The molecule has 66 valence electrons. The molecular formula is C10H8ClNO. The summed E-state index contributed by atoms with van der Waals surface area (Å²) >= 11 is 5.41. The number of rotatable bonds is 1. The van der Waals surface area contributed by atoms with E-state index in [2.05, 4.69) is 17.0 Å². The zero-order valence-electron chi connectivity index (χ0n) is 6.87. The van der Waals surface area contributed by atoms with Crippen molar-refractivity contribution in [2.75, 3.05) is 5.88 Å². The first-order valence-electron chi connectivity index (χ1n) is 3.69. The Balaban J connectivity index is 2.91. The van der Waals surface area contributed by atoms with Crippen molar-refractivity contribution >= 4 is 17.8 Å². The van der Waals surface area contributed by atoms with Gasteiger partial charge in [-0.15, -0.1) is 11.6 Å². The molecule has 0 bridgehead atoms. The summed E-state index contributed by atoms with van der Waals surface area (Å²) < 4.78 is 0. The Bertz CT molecular complexity index is 363. The van der Waals surface area contributed by atoms with Crippen molar-refractivity contribution in [3.8, 4) is 11.8 Å². The Hall–Kier alpha value is -1.46. The van der Waals surface area contributed by atoms with E-state index in [0.717, 1.165) is 11.1 Å². The summed E-state index contributed by atoms with van der Waals surface area (Å²) in [6.07, 6.45) is 1.35. The maximum Gasteiger partial charge on any atom is 0.0839 e. The minimum absolute atomic E-state index is 0.318. The first-order valence-corrected chi connectivity index (χ1v) is 4.22. The average molecular weight is 194 g/mol. The van der Waals surface area contributed by atoms with Crippen LogP contribution in [0.5, 0.6) is 0 Å². The fourth-order valence-electron chi connectivity index (χ4n) is 0.899. The molecule has 0 aromatic heterocycles.